The summed E-state index contributed by atoms with van der Waals surface area (Å²) in [7, 11) is 3.80. The Morgan fingerprint density at radius 1 is 1.25 bits per heavy atom. The normalized spacial score (nSPS) is 17.0. The number of hydrogen-bond acceptors (Lipinski definition) is 5. The first-order chi connectivity index (χ1) is 13.5. The number of carbonyl (C=O) groups is 1. The second-order valence-corrected chi connectivity index (χ2v) is 7.68. The lowest BCUT2D eigenvalue weighted by molar-refractivity contribution is -0.118. The molecule has 1 unspecified atom stereocenters. The van der Waals surface area contributed by atoms with Gasteiger partial charge in [0.25, 0.3) is 0 Å². The van der Waals surface area contributed by atoms with Crippen LogP contribution in [0.2, 0.25) is 0 Å². The maximum Gasteiger partial charge on any atom is 0.216 e. The Labute approximate surface area is 166 Å². The fourth-order valence-electron chi connectivity index (χ4n) is 3.81. The number of amides is 1. The molecular weight excluding hydrogens is 356 g/mol. The molecule has 2 N–H and O–H groups in total. The number of nitrogens with one attached hydrogen (secondary N) is 1. The van der Waals surface area contributed by atoms with Crippen LogP contribution in [0.25, 0.3) is 10.9 Å². The zero-order chi connectivity index (χ0) is 20.1. The second kappa shape index (κ2) is 9.41. The smallest absolute Gasteiger partial charge is 0.216 e. The third-order valence-corrected chi connectivity index (χ3v) is 5.41. The van der Waals surface area contributed by atoms with Gasteiger partial charge in [-0.2, -0.15) is 0 Å². The summed E-state index contributed by atoms with van der Waals surface area (Å²) in [6, 6.07) is 6.02. The quantitative estimate of drug-likeness (QED) is 0.704. The van der Waals surface area contributed by atoms with Gasteiger partial charge in [0.1, 0.15) is 5.75 Å². The molecule has 154 valence electrons. The minimum atomic E-state index is -0.427. The zero-order valence-electron chi connectivity index (χ0n) is 17.1. The lowest BCUT2D eigenvalue weighted by Gasteiger charge is -2.33. The average Bonchev–Trinajstić information content (AvgIpc) is 3.00. The maximum atomic E-state index is 11.2. The Kier molecular flexibility index (Phi) is 6.93. The summed E-state index contributed by atoms with van der Waals surface area (Å²) in [6.45, 7) is 7.45. The molecule has 7 nitrogen and oxygen atoms in total. The monoisotopic (exact) mass is 388 g/mol. The van der Waals surface area contributed by atoms with Crippen LogP contribution in [0.4, 0.5) is 0 Å². The predicted molar refractivity (Wildman–Crippen MR) is 111 cm³/mol. The number of benzene rings is 1. The van der Waals surface area contributed by atoms with E-state index in [9.17, 15) is 9.90 Å². The lowest BCUT2D eigenvalue weighted by atomic mass is 10.1. The molecule has 1 aromatic carbocycles. The van der Waals surface area contributed by atoms with Gasteiger partial charge >= 0.3 is 0 Å². The van der Waals surface area contributed by atoms with E-state index in [0.717, 1.165) is 54.8 Å². The third kappa shape index (κ3) is 5.25. The zero-order valence-corrected chi connectivity index (χ0v) is 17.1. The molecule has 1 aliphatic heterocycles. The number of methoxy groups -OCH3 is 1. The van der Waals surface area contributed by atoms with E-state index < -0.39 is 6.10 Å². The van der Waals surface area contributed by atoms with Crippen LogP contribution < -0.4 is 10.1 Å². The summed E-state index contributed by atoms with van der Waals surface area (Å²) >= 11 is 0. The van der Waals surface area contributed by atoms with Gasteiger partial charge in [-0.3, -0.25) is 9.69 Å². The maximum absolute atomic E-state index is 11.2. The number of aliphatic hydroxyl groups is 1. The van der Waals surface area contributed by atoms with E-state index in [2.05, 4.69) is 32.9 Å². The first-order valence-corrected chi connectivity index (χ1v) is 9.95. The Bertz CT molecular complexity index is 796. The standard InChI is InChI=1S/C21H32N4O3/c1-16(26)22-7-6-17-13-25(21-5-4-19(28-3)12-20(17)21)15-18(27)14-24-10-8-23(2)9-11-24/h4-5,12-13,18,27H,6-11,14-15H2,1-3H3,(H,22,26). The number of nitrogens with zero attached hydrogens (tertiary/aromatic N) is 3. The molecule has 0 bridgehead atoms. The number of ether oxygens (including phenoxy) is 1. The van der Waals surface area contributed by atoms with Crippen LogP contribution in [0.15, 0.2) is 24.4 Å². The van der Waals surface area contributed by atoms with Crippen molar-refractivity contribution in [1.82, 2.24) is 19.7 Å². The molecule has 28 heavy (non-hydrogen) atoms. The van der Waals surface area contributed by atoms with E-state index in [1.54, 1.807) is 7.11 Å². The first-order valence-electron chi connectivity index (χ1n) is 9.95. The fourth-order valence-corrected chi connectivity index (χ4v) is 3.81. The highest BCUT2D eigenvalue weighted by Gasteiger charge is 2.18. The van der Waals surface area contributed by atoms with Crippen molar-refractivity contribution in [2.75, 3.05) is 53.4 Å². The molecule has 0 spiro atoms. The Morgan fingerprint density at radius 3 is 2.68 bits per heavy atom. The predicted octanol–water partition coefficient (Wildman–Crippen LogP) is 0.937. The number of fused-ring (bicyclic) bond motifs is 1. The molecular formula is C21H32N4O3. The number of piperazine rings is 1. The molecule has 2 heterocycles. The highest BCUT2D eigenvalue weighted by Crippen LogP contribution is 2.27. The van der Waals surface area contributed by atoms with Crippen molar-refractivity contribution in [1.29, 1.82) is 0 Å². The Hall–Kier alpha value is -2.09. The summed E-state index contributed by atoms with van der Waals surface area (Å²) in [5.41, 5.74) is 2.23. The van der Waals surface area contributed by atoms with Gasteiger partial charge in [-0.25, -0.2) is 0 Å². The largest absolute Gasteiger partial charge is 0.497 e. The molecule has 0 saturated carbocycles. The number of carbonyl (C=O) groups excluding carboxylic acids is 1. The number of hydrogen-bond donors (Lipinski definition) is 2. The van der Waals surface area contributed by atoms with Crippen LogP contribution in [0.3, 0.4) is 0 Å². The fraction of sp³-hybridized carbons (Fsp3) is 0.571. The van der Waals surface area contributed by atoms with E-state index in [0.29, 0.717) is 19.6 Å². The van der Waals surface area contributed by atoms with Gasteiger partial charge in [-0.1, -0.05) is 0 Å². The summed E-state index contributed by atoms with van der Waals surface area (Å²) < 4.78 is 7.50. The van der Waals surface area contributed by atoms with E-state index in [1.807, 2.05) is 18.2 Å². The molecule has 2 aromatic rings. The van der Waals surface area contributed by atoms with Crippen LogP contribution in [0.5, 0.6) is 5.75 Å². The third-order valence-electron chi connectivity index (χ3n) is 5.41. The van der Waals surface area contributed by atoms with Crippen LogP contribution in [0, 0.1) is 0 Å². The van der Waals surface area contributed by atoms with Crippen molar-refractivity contribution in [2.24, 2.45) is 0 Å². The molecule has 3 rings (SSSR count). The van der Waals surface area contributed by atoms with Crippen LogP contribution >= 0.6 is 0 Å². The van der Waals surface area contributed by atoms with Gasteiger partial charge in [0.05, 0.1) is 13.2 Å². The van der Waals surface area contributed by atoms with Gasteiger partial charge in [-0.15, -0.1) is 0 Å². The van der Waals surface area contributed by atoms with Gasteiger partial charge in [0.2, 0.25) is 5.91 Å². The summed E-state index contributed by atoms with van der Waals surface area (Å²) in [4.78, 5) is 15.8. The molecule has 1 aliphatic rings. The number of β-amino-alcohol motifs (C(OH)–C–C–N with tert-alkyl or cyclic N) is 1. The SMILES string of the molecule is COc1ccc2c(c1)c(CCNC(C)=O)cn2CC(O)CN1CCN(C)CC1. The van der Waals surface area contributed by atoms with Crippen LogP contribution in [-0.2, 0) is 17.8 Å². The van der Waals surface area contributed by atoms with Crippen molar-refractivity contribution in [3.8, 4) is 5.75 Å². The molecule has 1 amide bonds. The molecule has 1 saturated heterocycles. The number of aromatic nitrogens is 1. The Balaban J connectivity index is 1.73. The van der Waals surface area contributed by atoms with Gasteiger partial charge < -0.3 is 24.6 Å². The highest BCUT2D eigenvalue weighted by atomic mass is 16.5. The number of aliphatic hydroxyl groups excluding tert-OH is 1. The minimum Gasteiger partial charge on any atom is -0.497 e. The summed E-state index contributed by atoms with van der Waals surface area (Å²) in [5, 5.41) is 14.6. The minimum absolute atomic E-state index is 0.0242. The van der Waals surface area contributed by atoms with Crippen molar-refractivity contribution in [2.45, 2.75) is 26.0 Å². The molecule has 7 heteroatoms. The van der Waals surface area contributed by atoms with Gasteiger partial charge in [-0.05, 0) is 37.2 Å². The van der Waals surface area contributed by atoms with E-state index in [1.165, 1.54) is 6.92 Å². The average molecular weight is 389 g/mol. The van der Waals surface area contributed by atoms with Gasteiger partial charge in [0.15, 0.2) is 0 Å². The van der Waals surface area contributed by atoms with E-state index in [4.69, 9.17) is 4.74 Å². The van der Waals surface area contributed by atoms with E-state index >= 15 is 0 Å². The molecule has 0 radical (unpaired) electrons. The molecule has 0 aliphatic carbocycles. The summed E-state index contributed by atoms with van der Waals surface area (Å²) in [5.74, 6) is 0.785. The number of likely N-dealkylation sites (N-methyl/N-ethyl adjacent to an activating group) is 1. The second-order valence-electron chi connectivity index (χ2n) is 7.68. The lowest BCUT2D eigenvalue weighted by Crippen LogP contribution is -2.47. The van der Waals surface area contributed by atoms with Crippen molar-refractivity contribution < 1.29 is 14.6 Å². The molecule has 1 fully saturated rings. The topological polar surface area (TPSA) is 70.0 Å². The summed E-state index contributed by atoms with van der Waals surface area (Å²) in [6.07, 6.45) is 2.41. The molecule has 1 aromatic heterocycles. The first kappa shape index (κ1) is 20.6. The van der Waals surface area contributed by atoms with Crippen molar-refractivity contribution in [3.05, 3.63) is 30.0 Å². The van der Waals surface area contributed by atoms with Crippen LogP contribution in [-0.4, -0.2) is 84.9 Å². The van der Waals surface area contributed by atoms with Crippen molar-refractivity contribution >= 4 is 16.8 Å². The molecule has 1 atom stereocenters. The Morgan fingerprint density at radius 2 is 2.00 bits per heavy atom. The number of rotatable bonds is 8. The van der Waals surface area contributed by atoms with E-state index in [-0.39, 0.29) is 5.91 Å². The van der Waals surface area contributed by atoms with Crippen molar-refractivity contribution in [3.63, 3.8) is 0 Å². The van der Waals surface area contributed by atoms with Crippen LogP contribution in [0.1, 0.15) is 12.5 Å². The van der Waals surface area contributed by atoms with Gasteiger partial charge in [0, 0.05) is 69.8 Å². The highest BCUT2D eigenvalue weighted by molar-refractivity contribution is 5.85.